The summed E-state index contributed by atoms with van der Waals surface area (Å²) in [6.45, 7) is 2.06. The van der Waals surface area contributed by atoms with Gasteiger partial charge < -0.3 is 14.4 Å². The molecule has 0 atom stereocenters. The first kappa shape index (κ1) is 18.1. The van der Waals surface area contributed by atoms with Gasteiger partial charge in [-0.1, -0.05) is 30.3 Å². The molecule has 26 heavy (non-hydrogen) atoms. The smallest absolute Gasteiger partial charge is 0.309 e. The van der Waals surface area contributed by atoms with Gasteiger partial charge in [-0.15, -0.1) is 0 Å². The van der Waals surface area contributed by atoms with Crippen molar-refractivity contribution in [3.05, 3.63) is 64.7 Å². The molecule has 1 heterocycles. The quantitative estimate of drug-likeness (QED) is 0.777. The fraction of sp³-hybridized carbons (Fsp3) is 0.333. The van der Waals surface area contributed by atoms with E-state index in [1.807, 2.05) is 44.4 Å². The third-order valence-electron chi connectivity index (χ3n) is 4.35. The molecule has 5 heteroatoms. The Balaban J connectivity index is 2.05. The van der Waals surface area contributed by atoms with Gasteiger partial charge in [0.2, 0.25) is 0 Å². The van der Waals surface area contributed by atoms with Gasteiger partial charge in [-0.25, -0.2) is 0 Å². The Morgan fingerprint density at radius 2 is 2.00 bits per heavy atom. The van der Waals surface area contributed by atoms with Crippen LogP contribution in [0.15, 0.2) is 47.5 Å². The van der Waals surface area contributed by atoms with E-state index in [9.17, 15) is 4.79 Å². The fourth-order valence-electron chi connectivity index (χ4n) is 2.95. The van der Waals surface area contributed by atoms with Crippen LogP contribution in [0, 0.1) is 0 Å². The van der Waals surface area contributed by atoms with Crippen LogP contribution in [0.4, 0.5) is 0 Å². The number of nitrogens with zero attached hydrogens (tertiary/aromatic N) is 2. The normalized spacial score (nSPS) is 14.4. The maximum atomic E-state index is 11.7. The molecule has 5 nitrogen and oxygen atoms in total. The topological polar surface area (TPSA) is 51.1 Å². The molecule has 3 rings (SSSR count). The van der Waals surface area contributed by atoms with Crippen LogP contribution in [0.25, 0.3) is 0 Å². The van der Waals surface area contributed by atoms with Gasteiger partial charge in [0.1, 0.15) is 12.4 Å². The molecular weight excluding hydrogens is 328 g/mol. The van der Waals surface area contributed by atoms with Gasteiger partial charge >= 0.3 is 5.97 Å². The van der Waals surface area contributed by atoms with Crippen LogP contribution in [-0.4, -0.2) is 50.9 Å². The minimum absolute atomic E-state index is 0.233. The van der Waals surface area contributed by atoms with Gasteiger partial charge in [0, 0.05) is 17.7 Å². The lowest BCUT2D eigenvalue weighted by Gasteiger charge is -2.12. The van der Waals surface area contributed by atoms with Crippen molar-refractivity contribution in [3.8, 4) is 5.75 Å². The van der Waals surface area contributed by atoms with E-state index in [0.29, 0.717) is 13.2 Å². The molecule has 2 aromatic rings. The SMILES string of the molecule is COC(=O)Cc1ccc2c(c1)C(=NCCN(C)C)c1ccccc1CO2. The minimum atomic E-state index is -0.258. The Morgan fingerprint density at radius 1 is 1.19 bits per heavy atom. The zero-order valence-electron chi connectivity index (χ0n) is 15.5. The van der Waals surface area contributed by atoms with Crippen molar-refractivity contribution in [1.82, 2.24) is 4.90 Å². The number of fused-ring (bicyclic) bond motifs is 2. The average Bonchev–Trinajstić information content (AvgIpc) is 2.79. The first-order valence-corrected chi connectivity index (χ1v) is 8.69. The number of hydrogen-bond donors (Lipinski definition) is 0. The molecule has 2 aromatic carbocycles. The van der Waals surface area contributed by atoms with Crippen molar-refractivity contribution in [2.24, 2.45) is 4.99 Å². The van der Waals surface area contributed by atoms with E-state index in [2.05, 4.69) is 17.0 Å². The maximum absolute atomic E-state index is 11.7. The third kappa shape index (κ3) is 4.11. The highest BCUT2D eigenvalue weighted by Crippen LogP contribution is 2.30. The summed E-state index contributed by atoms with van der Waals surface area (Å²) < 4.78 is 10.8. The number of carbonyl (C=O) groups is 1. The molecule has 0 aromatic heterocycles. The summed E-state index contributed by atoms with van der Waals surface area (Å²) in [7, 11) is 5.47. The van der Waals surface area contributed by atoms with Gasteiger partial charge in [-0.2, -0.15) is 0 Å². The van der Waals surface area contributed by atoms with E-state index >= 15 is 0 Å². The van der Waals surface area contributed by atoms with Gasteiger partial charge in [0.15, 0.2) is 0 Å². The molecule has 0 saturated carbocycles. The van der Waals surface area contributed by atoms with Crippen molar-refractivity contribution in [2.75, 3.05) is 34.3 Å². The van der Waals surface area contributed by atoms with E-state index in [0.717, 1.165) is 40.3 Å². The highest BCUT2D eigenvalue weighted by atomic mass is 16.5. The molecule has 1 aliphatic rings. The molecule has 0 saturated heterocycles. The Morgan fingerprint density at radius 3 is 2.77 bits per heavy atom. The highest BCUT2D eigenvalue weighted by Gasteiger charge is 2.21. The summed E-state index contributed by atoms with van der Waals surface area (Å²) in [5.41, 5.74) is 4.93. The predicted molar refractivity (Wildman–Crippen MR) is 102 cm³/mol. The standard InChI is InChI=1S/C21H24N2O3/c1-23(2)11-10-22-21-17-7-5-4-6-16(17)14-26-19-9-8-15(12-18(19)21)13-20(24)25-3/h4-9,12H,10-11,13-14H2,1-3H3. The average molecular weight is 352 g/mol. The predicted octanol–water partition coefficient (Wildman–Crippen LogP) is 2.69. The molecule has 0 amide bonds. The molecule has 136 valence electrons. The van der Waals surface area contributed by atoms with E-state index in [1.54, 1.807) is 0 Å². The number of likely N-dealkylation sites (N-methyl/N-ethyl adjacent to an activating group) is 1. The van der Waals surface area contributed by atoms with Crippen molar-refractivity contribution >= 4 is 11.7 Å². The maximum Gasteiger partial charge on any atom is 0.309 e. The molecular formula is C21H24N2O3. The number of carbonyl (C=O) groups excluding carboxylic acids is 1. The van der Waals surface area contributed by atoms with E-state index in [1.165, 1.54) is 7.11 Å². The summed E-state index contributed by atoms with van der Waals surface area (Å²) in [4.78, 5) is 18.6. The number of ether oxygens (including phenoxy) is 2. The third-order valence-corrected chi connectivity index (χ3v) is 4.35. The van der Waals surface area contributed by atoms with Crippen molar-refractivity contribution in [3.63, 3.8) is 0 Å². The number of aliphatic imine (C=N–C) groups is 1. The van der Waals surface area contributed by atoms with Crippen molar-refractivity contribution in [2.45, 2.75) is 13.0 Å². The van der Waals surface area contributed by atoms with Crippen LogP contribution in [-0.2, 0) is 22.6 Å². The number of rotatable bonds is 5. The molecule has 0 bridgehead atoms. The van der Waals surface area contributed by atoms with Crippen LogP contribution >= 0.6 is 0 Å². The number of esters is 1. The Hall–Kier alpha value is -2.66. The molecule has 0 unspecified atom stereocenters. The molecule has 1 aliphatic heterocycles. The summed E-state index contributed by atoms with van der Waals surface area (Å²) in [6.07, 6.45) is 0.233. The second-order valence-electron chi connectivity index (χ2n) is 6.56. The summed E-state index contributed by atoms with van der Waals surface area (Å²) >= 11 is 0. The summed E-state index contributed by atoms with van der Waals surface area (Å²) in [5, 5.41) is 0. The zero-order chi connectivity index (χ0) is 18.5. The second-order valence-corrected chi connectivity index (χ2v) is 6.56. The van der Waals surface area contributed by atoms with Crippen LogP contribution in [0.3, 0.4) is 0 Å². The van der Waals surface area contributed by atoms with Crippen molar-refractivity contribution < 1.29 is 14.3 Å². The van der Waals surface area contributed by atoms with E-state index in [4.69, 9.17) is 14.5 Å². The van der Waals surface area contributed by atoms with Crippen LogP contribution in [0.5, 0.6) is 5.75 Å². The van der Waals surface area contributed by atoms with E-state index < -0.39 is 0 Å². The number of benzene rings is 2. The molecule has 0 N–H and O–H groups in total. The lowest BCUT2D eigenvalue weighted by atomic mass is 9.96. The largest absolute Gasteiger partial charge is 0.488 e. The van der Waals surface area contributed by atoms with Crippen LogP contribution < -0.4 is 4.74 Å². The monoisotopic (exact) mass is 352 g/mol. The summed E-state index contributed by atoms with van der Waals surface area (Å²) in [6, 6.07) is 14.0. The summed E-state index contributed by atoms with van der Waals surface area (Å²) in [5.74, 6) is 0.532. The van der Waals surface area contributed by atoms with Gasteiger partial charge in [-0.05, 0) is 37.4 Å². The Bertz CT molecular complexity index is 828. The minimum Gasteiger partial charge on any atom is -0.488 e. The van der Waals surface area contributed by atoms with Crippen LogP contribution in [0.2, 0.25) is 0 Å². The first-order valence-electron chi connectivity index (χ1n) is 8.69. The van der Waals surface area contributed by atoms with Gasteiger partial charge in [0.25, 0.3) is 0 Å². The number of hydrogen-bond acceptors (Lipinski definition) is 5. The van der Waals surface area contributed by atoms with Gasteiger partial charge in [-0.3, -0.25) is 9.79 Å². The Labute approximate surface area is 154 Å². The van der Waals surface area contributed by atoms with Crippen LogP contribution in [0.1, 0.15) is 22.3 Å². The molecule has 0 aliphatic carbocycles. The zero-order valence-corrected chi connectivity index (χ0v) is 15.5. The van der Waals surface area contributed by atoms with E-state index in [-0.39, 0.29) is 12.4 Å². The van der Waals surface area contributed by atoms with Crippen molar-refractivity contribution in [1.29, 1.82) is 0 Å². The fourth-order valence-corrected chi connectivity index (χ4v) is 2.95. The van der Waals surface area contributed by atoms with Gasteiger partial charge in [0.05, 0.1) is 25.8 Å². The lowest BCUT2D eigenvalue weighted by Crippen LogP contribution is -2.17. The molecule has 0 spiro atoms. The first-order chi connectivity index (χ1) is 12.6. The lowest BCUT2D eigenvalue weighted by molar-refractivity contribution is -0.139. The Kier molecular flexibility index (Phi) is 5.68. The second kappa shape index (κ2) is 8.15. The molecule has 0 radical (unpaired) electrons. The molecule has 0 fully saturated rings. The highest BCUT2D eigenvalue weighted by molar-refractivity contribution is 6.15. The number of methoxy groups -OCH3 is 1.